The lowest BCUT2D eigenvalue weighted by Crippen LogP contribution is -2.38. The van der Waals surface area contributed by atoms with Gasteiger partial charge in [-0.25, -0.2) is 8.42 Å². The summed E-state index contributed by atoms with van der Waals surface area (Å²) in [5.41, 5.74) is 6.09. The van der Waals surface area contributed by atoms with Gasteiger partial charge >= 0.3 is 0 Å². The van der Waals surface area contributed by atoms with Gasteiger partial charge in [0, 0.05) is 23.8 Å². The number of hydrogen-bond acceptors (Lipinski definition) is 3. The highest BCUT2D eigenvalue weighted by atomic mass is 79.9. The summed E-state index contributed by atoms with van der Waals surface area (Å²) in [5.74, 6) is 0.569. The van der Waals surface area contributed by atoms with Crippen LogP contribution in [-0.2, 0) is 10.0 Å². The van der Waals surface area contributed by atoms with E-state index in [0.29, 0.717) is 34.2 Å². The van der Waals surface area contributed by atoms with Crippen LogP contribution in [0.25, 0.3) is 0 Å². The van der Waals surface area contributed by atoms with E-state index in [1.807, 2.05) is 0 Å². The number of nitrogens with zero attached hydrogens (tertiary/aromatic N) is 1. The minimum Gasteiger partial charge on any atom is -0.398 e. The molecule has 7 heteroatoms. The fraction of sp³-hybridized carbons (Fsp3) is 0.500. The Labute approximate surface area is 127 Å². The quantitative estimate of drug-likeness (QED) is 0.817. The molecule has 0 aromatic heterocycles. The summed E-state index contributed by atoms with van der Waals surface area (Å²) < 4.78 is 27.1. The molecule has 4 nitrogen and oxygen atoms in total. The van der Waals surface area contributed by atoms with Crippen LogP contribution in [-0.4, -0.2) is 25.8 Å². The maximum atomic E-state index is 12.6. The van der Waals surface area contributed by atoms with Gasteiger partial charge in [0.1, 0.15) is 0 Å². The molecule has 1 saturated heterocycles. The molecular weight excluding hydrogens is 352 g/mol. The molecule has 0 unspecified atom stereocenters. The Bertz CT molecular complexity index is 584. The Morgan fingerprint density at radius 2 is 1.95 bits per heavy atom. The van der Waals surface area contributed by atoms with Crippen LogP contribution < -0.4 is 5.73 Å². The zero-order valence-electron chi connectivity index (χ0n) is 10.6. The topological polar surface area (TPSA) is 63.4 Å². The van der Waals surface area contributed by atoms with Crippen molar-refractivity contribution < 1.29 is 8.42 Å². The van der Waals surface area contributed by atoms with Crippen LogP contribution >= 0.6 is 27.5 Å². The predicted molar refractivity (Wildman–Crippen MR) is 80.7 cm³/mol. The molecule has 2 N–H and O–H groups in total. The van der Waals surface area contributed by atoms with Gasteiger partial charge in [-0.2, -0.15) is 4.31 Å². The Balaban J connectivity index is 2.40. The molecule has 1 fully saturated rings. The summed E-state index contributed by atoms with van der Waals surface area (Å²) in [6.45, 7) is 3.22. The van der Waals surface area contributed by atoms with Crippen molar-refractivity contribution in [3.8, 4) is 0 Å². The van der Waals surface area contributed by atoms with Crippen molar-refractivity contribution >= 4 is 43.2 Å². The number of nitrogens with two attached hydrogens (primary N) is 1. The summed E-state index contributed by atoms with van der Waals surface area (Å²) in [6, 6.07) is 2.97. The van der Waals surface area contributed by atoms with Crippen molar-refractivity contribution in [2.75, 3.05) is 18.8 Å². The van der Waals surface area contributed by atoms with Crippen molar-refractivity contribution in [2.45, 2.75) is 24.7 Å². The first-order chi connectivity index (χ1) is 8.82. The lowest BCUT2D eigenvalue weighted by Gasteiger charge is -2.29. The first kappa shape index (κ1) is 15.1. The molecule has 0 atom stereocenters. The smallest absolute Gasteiger partial charge is 0.244 e. The second kappa shape index (κ2) is 5.60. The van der Waals surface area contributed by atoms with Gasteiger partial charge in [0.2, 0.25) is 10.0 Å². The van der Waals surface area contributed by atoms with Crippen LogP contribution in [0.5, 0.6) is 0 Å². The van der Waals surface area contributed by atoms with Gasteiger partial charge in [-0.3, -0.25) is 0 Å². The Morgan fingerprint density at radius 3 is 2.53 bits per heavy atom. The molecule has 0 amide bonds. The highest BCUT2D eigenvalue weighted by Crippen LogP contribution is 2.34. The first-order valence-corrected chi connectivity index (χ1v) is 8.68. The van der Waals surface area contributed by atoms with Crippen LogP contribution in [0, 0.1) is 5.92 Å². The van der Waals surface area contributed by atoms with Crippen LogP contribution in [0.3, 0.4) is 0 Å². The van der Waals surface area contributed by atoms with E-state index in [4.69, 9.17) is 17.3 Å². The van der Waals surface area contributed by atoms with E-state index in [2.05, 4.69) is 22.9 Å². The van der Waals surface area contributed by atoms with E-state index in [-0.39, 0.29) is 4.90 Å². The normalized spacial score (nSPS) is 18.7. The van der Waals surface area contributed by atoms with Crippen molar-refractivity contribution in [3.63, 3.8) is 0 Å². The van der Waals surface area contributed by atoms with E-state index >= 15 is 0 Å². The van der Waals surface area contributed by atoms with E-state index in [0.717, 1.165) is 12.8 Å². The van der Waals surface area contributed by atoms with Crippen LogP contribution in [0.1, 0.15) is 19.8 Å². The molecule has 0 saturated carbocycles. The highest BCUT2D eigenvalue weighted by molar-refractivity contribution is 9.10. The number of rotatable bonds is 2. The minimum absolute atomic E-state index is 0.145. The molecule has 0 spiro atoms. The van der Waals surface area contributed by atoms with E-state index in [9.17, 15) is 8.42 Å². The number of hydrogen-bond donors (Lipinski definition) is 1. The molecule has 106 valence electrons. The predicted octanol–water partition coefficient (Wildman–Crippen LogP) is 3.11. The molecule has 1 aromatic rings. The third-order valence-electron chi connectivity index (χ3n) is 3.39. The number of piperidine rings is 1. The van der Waals surface area contributed by atoms with Gasteiger partial charge in [0.25, 0.3) is 0 Å². The van der Waals surface area contributed by atoms with Crippen LogP contribution in [0.15, 0.2) is 21.5 Å². The summed E-state index contributed by atoms with van der Waals surface area (Å²) in [7, 11) is -3.54. The molecule has 1 aliphatic heterocycles. The van der Waals surface area contributed by atoms with Gasteiger partial charge in [0.05, 0.1) is 9.37 Å². The van der Waals surface area contributed by atoms with Gasteiger partial charge in [-0.15, -0.1) is 0 Å². The Morgan fingerprint density at radius 1 is 1.37 bits per heavy atom. The molecule has 19 heavy (non-hydrogen) atoms. The zero-order valence-corrected chi connectivity index (χ0v) is 13.7. The maximum absolute atomic E-state index is 12.6. The minimum atomic E-state index is -3.54. The standard InChI is InChI=1S/C12H16BrClN2O2S/c1-8-2-4-16(5-3-8)19(17,18)11-7-9(14)6-10(15)12(11)13/h6-8H,2-5,15H2,1H3. The summed E-state index contributed by atoms with van der Waals surface area (Å²) >= 11 is 9.15. The van der Waals surface area contributed by atoms with Gasteiger partial charge < -0.3 is 5.73 Å². The molecule has 1 aliphatic rings. The second-order valence-corrected chi connectivity index (χ2v) is 8.03. The third kappa shape index (κ3) is 3.07. The Hall–Kier alpha value is -0.300. The number of nitrogen functional groups attached to an aromatic ring is 1. The van der Waals surface area contributed by atoms with Gasteiger partial charge in [-0.05, 0) is 46.8 Å². The van der Waals surface area contributed by atoms with E-state index in [1.54, 1.807) is 0 Å². The molecule has 0 aliphatic carbocycles. The van der Waals surface area contributed by atoms with E-state index in [1.165, 1.54) is 16.4 Å². The second-order valence-electron chi connectivity index (χ2n) is 4.89. The van der Waals surface area contributed by atoms with E-state index < -0.39 is 10.0 Å². The molecule has 0 bridgehead atoms. The maximum Gasteiger partial charge on any atom is 0.244 e. The van der Waals surface area contributed by atoms with Crippen molar-refractivity contribution in [1.82, 2.24) is 4.31 Å². The number of benzene rings is 1. The van der Waals surface area contributed by atoms with Crippen molar-refractivity contribution in [1.29, 1.82) is 0 Å². The Kier molecular flexibility index (Phi) is 4.45. The summed E-state index contributed by atoms with van der Waals surface area (Å²) in [5, 5.41) is 0.324. The molecule has 1 heterocycles. The number of halogens is 2. The average Bonchev–Trinajstić information content (AvgIpc) is 2.34. The van der Waals surface area contributed by atoms with Crippen LogP contribution in [0.4, 0.5) is 5.69 Å². The van der Waals surface area contributed by atoms with Gasteiger partial charge in [0.15, 0.2) is 0 Å². The SMILES string of the molecule is CC1CCN(S(=O)(=O)c2cc(Cl)cc(N)c2Br)CC1. The zero-order chi connectivity index (χ0) is 14.2. The van der Waals surface area contributed by atoms with Crippen molar-refractivity contribution in [2.24, 2.45) is 5.92 Å². The van der Waals surface area contributed by atoms with Gasteiger partial charge in [-0.1, -0.05) is 18.5 Å². The van der Waals surface area contributed by atoms with Crippen molar-refractivity contribution in [3.05, 3.63) is 21.6 Å². The molecular formula is C12H16BrClN2O2S. The molecule has 0 radical (unpaired) electrons. The lowest BCUT2D eigenvalue weighted by molar-refractivity contribution is 0.288. The average molecular weight is 368 g/mol. The fourth-order valence-electron chi connectivity index (χ4n) is 2.14. The monoisotopic (exact) mass is 366 g/mol. The largest absolute Gasteiger partial charge is 0.398 e. The fourth-order valence-corrected chi connectivity index (χ4v) is 4.86. The molecule has 2 rings (SSSR count). The number of sulfonamides is 1. The first-order valence-electron chi connectivity index (χ1n) is 6.07. The highest BCUT2D eigenvalue weighted by Gasteiger charge is 2.30. The lowest BCUT2D eigenvalue weighted by atomic mass is 10.0. The summed E-state index contributed by atoms with van der Waals surface area (Å²) in [4.78, 5) is 0.145. The molecule has 1 aromatic carbocycles. The third-order valence-corrected chi connectivity index (χ3v) is 6.68. The van der Waals surface area contributed by atoms with Crippen LogP contribution in [0.2, 0.25) is 5.02 Å². The number of anilines is 1. The summed E-state index contributed by atoms with van der Waals surface area (Å²) in [6.07, 6.45) is 1.76.